The van der Waals surface area contributed by atoms with Crippen molar-refractivity contribution in [1.82, 2.24) is 0 Å². The number of carbonyl (C=O) groups is 1. The van der Waals surface area contributed by atoms with Crippen LogP contribution in [0.25, 0.3) is 16.5 Å². The van der Waals surface area contributed by atoms with Crippen LogP contribution in [0.5, 0.6) is 0 Å². The van der Waals surface area contributed by atoms with E-state index < -0.39 is 6.09 Å². The lowest BCUT2D eigenvalue weighted by Crippen LogP contribution is -1.98. The lowest BCUT2D eigenvalue weighted by atomic mass is 10.2. The van der Waals surface area contributed by atoms with Gasteiger partial charge in [0.15, 0.2) is 0 Å². The minimum absolute atomic E-state index is 0.202. The molecule has 0 unspecified atom stereocenters. The fourth-order valence-electron chi connectivity index (χ4n) is 1.19. The normalized spacial score (nSPS) is 10.4. The van der Waals surface area contributed by atoms with Crippen molar-refractivity contribution in [3.8, 4) is 0 Å². The van der Waals surface area contributed by atoms with Crippen LogP contribution in [0, 0.1) is 0 Å². The molecule has 1 amide bonds. The zero-order valence-corrected chi connectivity index (χ0v) is 9.77. The van der Waals surface area contributed by atoms with Crippen LogP contribution in [0.3, 0.4) is 0 Å². The van der Waals surface area contributed by atoms with Crippen molar-refractivity contribution in [2.24, 2.45) is 5.11 Å². The van der Waals surface area contributed by atoms with Crippen molar-refractivity contribution in [3.05, 3.63) is 64.6 Å². The Morgan fingerprint density at radius 1 is 1.33 bits per heavy atom. The molecule has 0 radical (unpaired) electrons. The van der Waals surface area contributed by atoms with Gasteiger partial charge in [-0.3, -0.25) is 0 Å². The molecule has 0 spiro atoms. The second-order valence-electron chi connectivity index (χ2n) is 3.29. The van der Waals surface area contributed by atoms with E-state index in [0.717, 1.165) is 5.56 Å². The van der Waals surface area contributed by atoms with Crippen LogP contribution in [0.1, 0.15) is 12.0 Å². The van der Waals surface area contributed by atoms with E-state index in [1.165, 1.54) is 0 Å². The fraction of sp³-hybridized carbons (Fsp3) is 0.154. The summed E-state index contributed by atoms with van der Waals surface area (Å²) in [6.07, 6.45) is 7.29. The number of amides is 1. The van der Waals surface area contributed by atoms with Crippen LogP contribution >= 0.6 is 0 Å². The number of nitrogens with zero attached hydrogens (tertiary/aromatic N) is 3. The Labute approximate surface area is 105 Å². The highest BCUT2D eigenvalue weighted by Gasteiger charge is 1.94. The third kappa shape index (κ3) is 6.15. The van der Waals surface area contributed by atoms with Gasteiger partial charge in [-0.1, -0.05) is 54.6 Å². The van der Waals surface area contributed by atoms with Gasteiger partial charge in [-0.25, -0.2) is 4.79 Å². The molecule has 18 heavy (non-hydrogen) atoms. The van der Waals surface area contributed by atoms with Crippen molar-refractivity contribution in [1.29, 1.82) is 0 Å². The second kappa shape index (κ2) is 8.61. The zero-order chi connectivity index (χ0) is 13.1. The molecule has 0 aliphatic rings. The fourth-order valence-corrected chi connectivity index (χ4v) is 1.19. The Morgan fingerprint density at radius 2 is 2.11 bits per heavy atom. The highest BCUT2D eigenvalue weighted by Crippen LogP contribution is 2.01. The number of azide groups is 1. The molecule has 0 aliphatic carbocycles. The maximum atomic E-state index is 10.6. The van der Waals surface area contributed by atoms with Gasteiger partial charge < -0.3 is 4.74 Å². The van der Waals surface area contributed by atoms with Crippen LogP contribution in [0.4, 0.5) is 4.79 Å². The average Bonchev–Trinajstić information content (AvgIpc) is 2.39. The Kier molecular flexibility index (Phi) is 6.48. The molecule has 0 heterocycles. The number of hydrogen-bond acceptors (Lipinski definition) is 2. The molecule has 0 atom stereocenters. The summed E-state index contributed by atoms with van der Waals surface area (Å²) in [5, 5.41) is 2.78. The highest BCUT2D eigenvalue weighted by atomic mass is 16.5. The molecule has 1 rings (SSSR count). The van der Waals surface area contributed by atoms with E-state index in [2.05, 4.69) is 14.8 Å². The number of hydrogen-bond donors (Lipinski definition) is 0. The molecular formula is C13H13N3O2. The van der Waals surface area contributed by atoms with Gasteiger partial charge in [-0.15, -0.1) is 0 Å². The van der Waals surface area contributed by atoms with Crippen LogP contribution in [0.15, 0.2) is 53.7 Å². The molecule has 0 N–H and O–H groups in total. The Bertz CT molecular complexity index is 474. The number of carbonyl (C=O) groups excluding carboxylic acids is 1. The van der Waals surface area contributed by atoms with Crippen molar-refractivity contribution in [2.75, 3.05) is 6.61 Å². The molecule has 0 aromatic heterocycles. The summed E-state index contributed by atoms with van der Waals surface area (Å²) in [7, 11) is 0. The molecule has 0 fully saturated rings. The summed E-state index contributed by atoms with van der Waals surface area (Å²) in [5.74, 6) is 0. The van der Waals surface area contributed by atoms with E-state index in [1.54, 1.807) is 0 Å². The molecule has 0 saturated heterocycles. The van der Waals surface area contributed by atoms with Crippen molar-refractivity contribution >= 4 is 12.2 Å². The largest absolute Gasteiger partial charge is 0.461 e. The molecule has 5 nitrogen and oxygen atoms in total. The lowest BCUT2D eigenvalue weighted by Gasteiger charge is -1.95. The van der Waals surface area contributed by atoms with Crippen molar-refractivity contribution in [3.63, 3.8) is 0 Å². The predicted octanol–water partition coefficient (Wildman–Crippen LogP) is 4.09. The minimum atomic E-state index is -0.897. The topological polar surface area (TPSA) is 75.1 Å². The third-order valence-electron chi connectivity index (χ3n) is 1.97. The van der Waals surface area contributed by atoms with Crippen LogP contribution in [-0.4, -0.2) is 12.7 Å². The molecule has 0 saturated carbocycles. The molecule has 5 heteroatoms. The highest BCUT2D eigenvalue weighted by molar-refractivity contribution is 5.67. The first-order chi connectivity index (χ1) is 8.83. The van der Waals surface area contributed by atoms with E-state index in [4.69, 9.17) is 5.53 Å². The summed E-state index contributed by atoms with van der Waals surface area (Å²) in [4.78, 5) is 13.0. The molecular weight excluding hydrogens is 230 g/mol. The van der Waals surface area contributed by atoms with Gasteiger partial charge in [-0.05, 0) is 17.5 Å². The molecule has 1 aromatic rings. The molecule has 1 aromatic carbocycles. The first-order valence-electron chi connectivity index (χ1n) is 5.43. The molecule has 0 aliphatic heterocycles. The van der Waals surface area contributed by atoms with E-state index in [1.807, 2.05) is 54.6 Å². The monoisotopic (exact) mass is 243 g/mol. The zero-order valence-electron chi connectivity index (χ0n) is 9.77. The maximum Gasteiger partial charge on any atom is 0.396 e. The maximum absolute atomic E-state index is 10.6. The van der Waals surface area contributed by atoms with E-state index >= 15 is 0 Å². The molecule has 0 bridgehead atoms. The van der Waals surface area contributed by atoms with Gasteiger partial charge in [0.2, 0.25) is 0 Å². The van der Waals surface area contributed by atoms with E-state index in [-0.39, 0.29) is 6.61 Å². The SMILES string of the molecule is [N-]=[N+]=NC(=O)OCC/C=C\C=C\c1ccccc1. The standard InChI is InChI=1S/C13H13N3O2/c14-16-15-13(17)18-11-7-2-1-4-8-12-9-5-3-6-10-12/h1-6,8-10H,7,11H2/b2-1-,8-4+. The second-order valence-corrected chi connectivity index (χ2v) is 3.29. The lowest BCUT2D eigenvalue weighted by molar-refractivity contribution is 0.159. The summed E-state index contributed by atoms with van der Waals surface area (Å²) < 4.78 is 4.61. The summed E-state index contributed by atoms with van der Waals surface area (Å²) in [6, 6.07) is 9.92. The average molecular weight is 243 g/mol. The number of ether oxygens (including phenoxy) is 1. The first-order valence-corrected chi connectivity index (χ1v) is 5.43. The molecule has 92 valence electrons. The van der Waals surface area contributed by atoms with E-state index in [0.29, 0.717) is 6.42 Å². The van der Waals surface area contributed by atoms with Gasteiger partial charge >= 0.3 is 6.09 Å². The smallest absolute Gasteiger partial charge is 0.396 e. The van der Waals surface area contributed by atoms with Gasteiger partial charge in [0, 0.05) is 10.0 Å². The van der Waals surface area contributed by atoms with Gasteiger partial charge in [0.25, 0.3) is 0 Å². The first kappa shape index (κ1) is 13.5. The number of allylic oxidation sites excluding steroid dienone is 2. The Balaban J connectivity index is 2.20. The number of benzene rings is 1. The van der Waals surface area contributed by atoms with Crippen molar-refractivity contribution < 1.29 is 9.53 Å². The number of rotatable bonds is 5. The quantitative estimate of drug-likeness (QED) is 0.257. The van der Waals surface area contributed by atoms with E-state index in [9.17, 15) is 4.79 Å². The van der Waals surface area contributed by atoms with Gasteiger partial charge in [-0.2, -0.15) is 0 Å². The Morgan fingerprint density at radius 3 is 2.83 bits per heavy atom. The Hall–Kier alpha value is -2.52. The minimum Gasteiger partial charge on any atom is -0.461 e. The van der Waals surface area contributed by atoms with Gasteiger partial charge in [0.1, 0.15) is 0 Å². The predicted molar refractivity (Wildman–Crippen MR) is 69.7 cm³/mol. The van der Waals surface area contributed by atoms with Crippen LogP contribution in [0.2, 0.25) is 0 Å². The van der Waals surface area contributed by atoms with Gasteiger partial charge in [0.05, 0.1) is 6.61 Å². The van der Waals surface area contributed by atoms with Crippen LogP contribution < -0.4 is 0 Å². The summed E-state index contributed by atoms with van der Waals surface area (Å²) >= 11 is 0. The van der Waals surface area contributed by atoms with Crippen molar-refractivity contribution in [2.45, 2.75) is 6.42 Å². The summed E-state index contributed by atoms with van der Waals surface area (Å²) in [6.45, 7) is 0.202. The summed E-state index contributed by atoms with van der Waals surface area (Å²) in [5.41, 5.74) is 9.07. The third-order valence-corrected chi connectivity index (χ3v) is 1.97. The van der Waals surface area contributed by atoms with Crippen LogP contribution in [-0.2, 0) is 4.74 Å².